The molecule has 0 aromatic heterocycles. The van der Waals surface area contributed by atoms with E-state index in [-0.39, 0.29) is 12.8 Å². The van der Waals surface area contributed by atoms with Crippen LogP contribution in [0.25, 0.3) is 0 Å². The van der Waals surface area contributed by atoms with Gasteiger partial charge < -0.3 is 23.7 Å². The number of rotatable bonds is 8. The summed E-state index contributed by atoms with van der Waals surface area (Å²) >= 11 is 0. The minimum atomic E-state index is -0.509. The molecule has 0 amide bonds. The monoisotopic (exact) mass is 379 g/mol. The van der Waals surface area contributed by atoms with Gasteiger partial charge in [-0.25, -0.2) is 0 Å². The molecule has 0 N–H and O–H groups in total. The molecule has 7 nitrogen and oxygen atoms in total. The summed E-state index contributed by atoms with van der Waals surface area (Å²) in [4.78, 5) is 15.0. The van der Waals surface area contributed by atoms with Gasteiger partial charge in [-0.3, -0.25) is 9.69 Å². The summed E-state index contributed by atoms with van der Waals surface area (Å²) in [6, 6.07) is 3.96. The molecule has 2 heterocycles. The number of ether oxygens (including phenoxy) is 5. The third kappa shape index (κ3) is 4.30. The maximum Gasteiger partial charge on any atom is 0.313 e. The lowest BCUT2D eigenvalue weighted by atomic mass is 9.77. The molecule has 1 aromatic rings. The van der Waals surface area contributed by atoms with Gasteiger partial charge in [-0.05, 0) is 50.4 Å². The Hall–Kier alpha value is -1.99. The second-order valence-corrected chi connectivity index (χ2v) is 7.09. The lowest BCUT2D eigenvalue weighted by molar-refractivity contribution is -0.160. The lowest BCUT2D eigenvalue weighted by Gasteiger charge is -2.41. The Morgan fingerprint density at radius 3 is 2.89 bits per heavy atom. The Morgan fingerprint density at radius 2 is 2.15 bits per heavy atom. The van der Waals surface area contributed by atoms with Gasteiger partial charge in [0.25, 0.3) is 0 Å². The van der Waals surface area contributed by atoms with Crippen molar-refractivity contribution in [2.24, 2.45) is 5.41 Å². The average Bonchev–Trinajstić information content (AvgIpc) is 3.14. The third-order valence-corrected chi connectivity index (χ3v) is 5.27. The van der Waals surface area contributed by atoms with Gasteiger partial charge in [0.2, 0.25) is 12.5 Å². The predicted molar refractivity (Wildman–Crippen MR) is 99.2 cm³/mol. The molecule has 0 radical (unpaired) electrons. The summed E-state index contributed by atoms with van der Waals surface area (Å²) in [6.07, 6.45) is 2.45. The van der Waals surface area contributed by atoms with E-state index < -0.39 is 5.41 Å². The molecular formula is C20H29NO6. The molecule has 0 saturated carbocycles. The van der Waals surface area contributed by atoms with Crippen molar-refractivity contribution in [3.63, 3.8) is 0 Å². The zero-order valence-corrected chi connectivity index (χ0v) is 16.4. The summed E-state index contributed by atoms with van der Waals surface area (Å²) in [5, 5.41) is 0. The summed E-state index contributed by atoms with van der Waals surface area (Å²) < 4.78 is 27.1. The molecule has 2 aliphatic heterocycles. The highest BCUT2D eigenvalue weighted by Crippen LogP contribution is 2.42. The van der Waals surface area contributed by atoms with Crippen LogP contribution in [0.1, 0.15) is 31.7 Å². The first-order valence-corrected chi connectivity index (χ1v) is 9.47. The number of esters is 1. The molecular weight excluding hydrogens is 350 g/mol. The van der Waals surface area contributed by atoms with Crippen LogP contribution in [0.3, 0.4) is 0 Å². The van der Waals surface area contributed by atoms with Gasteiger partial charge in [0.15, 0.2) is 11.5 Å². The standard InChI is InChI=1S/C20H29NO6/c1-4-25-19(22)20(7-9-23-2)6-5-8-21(13-20)12-15-10-16(24-3)18-17(11-15)26-14-27-18/h10-11H,4-9,12-14H2,1-3H3/t20-/m0/s1. The van der Waals surface area contributed by atoms with E-state index in [4.69, 9.17) is 23.7 Å². The van der Waals surface area contributed by atoms with E-state index in [1.807, 2.05) is 19.1 Å². The molecule has 3 rings (SSSR count). The van der Waals surface area contributed by atoms with Crippen molar-refractivity contribution in [3.8, 4) is 17.2 Å². The summed E-state index contributed by atoms with van der Waals surface area (Å²) in [7, 11) is 3.29. The molecule has 150 valence electrons. The number of carbonyl (C=O) groups is 1. The topological polar surface area (TPSA) is 66.5 Å². The highest BCUT2D eigenvalue weighted by atomic mass is 16.7. The average molecular weight is 379 g/mol. The Morgan fingerprint density at radius 1 is 1.30 bits per heavy atom. The number of likely N-dealkylation sites (tertiary alicyclic amines) is 1. The molecule has 7 heteroatoms. The van der Waals surface area contributed by atoms with E-state index in [1.165, 1.54) is 0 Å². The first-order chi connectivity index (χ1) is 13.1. The minimum Gasteiger partial charge on any atom is -0.493 e. The van der Waals surface area contributed by atoms with Crippen molar-refractivity contribution < 1.29 is 28.5 Å². The fourth-order valence-corrected chi connectivity index (χ4v) is 3.95. The molecule has 27 heavy (non-hydrogen) atoms. The van der Waals surface area contributed by atoms with Crippen LogP contribution in [0.15, 0.2) is 12.1 Å². The van der Waals surface area contributed by atoms with Crippen LogP contribution in [0, 0.1) is 5.41 Å². The van der Waals surface area contributed by atoms with Crippen molar-refractivity contribution in [1.29, 1.82) is 0 Å². The van der Waals surface area contributed by atoms with Crippen molar-refractivity contribution in [1.82, 2.24) is 4.90 Å². The molecule has 1 saturated heterocycles. The number of nitrogens with zero attached hydrogens (tertiary/aromatic N) is 1. The zero-order valence-electron chi connectivity index (χ0n) is 16.4. The van der Waals surface area contributed by atoms with E-state index in [1.54, 1.807) is 14.2 Å². The van der Waals surface area contributed by atoms with Crippen molar-refractivity contribution in [2.75, 3.05) is 47.3 Å². The Kier molecular flexibility index (Phi) is 6.44. The van der Waals surface area contributed by atoms with Crippen LogP contribution < -0.4 is 14.2 Å². The number of hydrogen-bond donors (Lipinski definition) is 0. The fraction of sp³-hybridized carbons (Fsp3) is 0.650. The van der Waals surface area contributed by atoms with Crippen LogP contribution in [0.4, 0.5) is 0 Å². The quantitative estimate of drug-likeness (QED) is 0.643. The normalized spacial score (nSPS) is 21.9. The van der Waals surface area contributed by atoms with Crippen molar-refractivity contribution in [3.05, 3.63) is 17.7 Å². The van der Waals surface area contributed by atoms with Gasteiger partial charge in [-0.2, -0.15) is 0 Å². The Bertz CT molecular complexity index is 664. The molecule has 0 bridgehead atoms. The predicted octanol–water partition coefficient (Wildman–Crippen LogP) is 2.61. The number of carbonyl (C=O) groups excluding carboxylic acids is 1. The molecule has 2 aliphatic rings. The summed E-state index contributed by atoms with van der Waals surface area (Å²) in [5.41, 5.74) is 0.563. The summed E-state index contributed by atoms with van der Waals surface area (Å²) in [5.74, 6) is 1.92. The number of fused-ring (bicyclic) bond motifs is 1. The molecule has 1 aromatic carbocycles. The van der Waals surface area contributed by atoms with Gasteiger partial charge in [0, 0.05) is 26.8 Å². The van der Waals surface area contributed by atoms with Gasteiger partial charge in [0.1, 0.15) is 0 Å². The maximum atomic E-state index is 12.7. The lowest BCUT2D eigenvalue weighted by Crippen LogP contribution is -2.48. The van der Waals surface area contributed by atoms with E-state index in [0.717, 1.165) is 24.9 Å². The van der Waals surface area contributed by atoms with Crippen molar-refractivity contribution >= 4 is 5.97 Å². The molecule has 0 spiro atoms. The smallest absolute Gasteiger partial charge is 0.313 e. The number of benzene rings is 1. The van der Waals surface area contributed by atoms with E-state index >= 15 is 0 Å². The number of methoxy groups -OCH3 is 2. The van der Waals surface area contributed by atoms with Gasteiger partial charge in [0.05, 0.1) is 19.1 Å². The summed E-state index contributed by atoms with van der Waals surface area (Å²) in [6.45, 7) is 5.30. The Labute approximate surface area is 160 Å². The first kappa shape index (κ1) is 19.8. The molecule has 1 atom stereocenters. The Balaban J connectivity index is 1.76. The molecule has 0 unspecified atom stereocenters. The van der Waals surface area contributed by atoms with Gasteiger partial charge >= 0.3 is 5.97 Å². The van der Waals surface area contributed by atoms with E-state index in [2.05, 4.69) is 4.90 Å². The molecule has 0 aliphatic carbocycles. The van der Waals surface area contributed by atoms with Gasteiger partial charge in [-0.15, -0.1) is 0 Å². The van der Waals surface area contributed by atoms with Crippen LogP contribution in [-0.4, -0.2) is 58.2 Å². The van der Waals surface area contributed by atoms with Crippen molar-refractivity contribution in [2.45, 2.75) is 32.7 Å². The van der Waals surface area contributed by atoms with E-state index in [0.29, 0.717) is 50.0 Å². The largest absolute Gasteiger partial charge is 0.493 e. The van der Waals surface area contributed by atoms with Gasteiger partial charge in [-0.1, -0.05) is 0 Å². The van der Waals surface area contributed by atoms with Crippen LogP contribution >= 0.6 is 0 Å². The highest BCUT2D eigenvalue weighted by Gasteiger charge is 2.43. The number of piperidine rings is 1. The fourth-order valence-electron chi connectivity index (χ4n) is 3.95. The highest BCUT2D eigenvalue weighted by molar-refractivity contribution is 5.77. The SMILES string of the molecule is CCOC(=O)[C@]1(CCOC)CCCN(Cc2cc(OC)c3c(c2)OCO3)C1. The zero-order chi connectivity index (χ0) is 19.3. The second-order valence-electron chi connectivity index (χ2n) is 7.09. The first-order valence-electron chi connectivity index (χ1n) is 9.47. The number of hydrogen-bond acceptors (Lipinski definition) is 7. The van der Waals surface area contributed by atoms with Crippen LogP contribution in [-0.2, 0) is 20.8 Å². The molecule has 1 fully saturated rings. The van der Waals surface area contributed by atoms with Crippen LogP contribution in [0.2, 0.25) is 0 Å². The third-order valence-electron chi connectivity index (χ3n) is 5.27. The maximum absolute atomic E-state index is 12.7. The second kappa shape index (κ2) is 8.80. The van der Waals surface area contributed by atoms with E-state index in [9.17, 15) is 4.79 Å². The minimum absolute atomic E-state index is 0.116. The van der Waals surface area contributed by atoms with Crippen LogP contribution in [0.5, 0.6) is 17.2 Å².